The third kappa shape index (κ3) is 5.30. The van der Waals surface area contributed by atoms with Crippen molar-refractivity contribution in [3.05, 3.63) is 42.7 Å². The van der Waals surface area contributed by atoms with Gasteiger partial charge in [0.2, 0.25) is 15.9 Å². The number of rotatable bonds is 8. The maximum absolute atomic E-state index is 12.5. The second kappa shape index (κ2) is 8.53. The number of aromatic nitrogens is 2. The first kappa shape index (κ1) is 19.4. The summed E-state index contributed by atoms with van der Waals surface area (Å²) in [7, 11) is 0.348. The van der Waals surface area contributed by atoms with E-state index in [1.165, 1.54) is 10.5 Å². The molecular formula is C18H24N4O4S. The zero-order valence-electron chi connectivity index (χ0n) is 15.5. The number of benzene rings is 1. The first-order valence-corrected chi connectivity index (χ1v) is 10.4. The van der Waals surface area contributed by atoms with Gasteiger partial charge in [0.1, 0.15) is 18.5 Å². The highest BCUT2D eigenvalue weighted by Gasteiger charge is 2.32. The molecule has 0 aliphatic carbocycles. The normalized spacial score (nSPS) is 17.6. The van der Waals surface area contributed by atoms with Crippen LogP contribution in [0.5, 0.6) is 11.6 Å². The molecule has 0 saturated carbocycles. The van der Waals surface area contributed by atoms with Crippen LogP contribution in [0.15, 0.2) is 42.7 Å². The van der Waals surface area contributed by atoms with Gasteiger partial charge in [-0.15, -0.1) is 0 Å². The summed E-state index contributed by atoms with van der Waals surface area (Å²) in [5, 5.41) is 0. The predicted molar refractivity (Wildman–Crippen MR) is 103 cm³/mol. The Morgan fingerprint density at radius 3 is 2.74 bits per heavy atom. The Morgan fingerprint density at radius 1 is 1.22 bits per heavy atom. The number of sulfonamides is 1. The Morgan fingerprint density at radius 2 is 2.00 bits per heavy atom. The Hall–Kier alpha value is -2.39. The molecule has 0 bridgehead atoms. The smallest absolute Gasteiger partial charge is 0.234 e. The average Bonchev–Trinajstić information content (AvgIpc) is 3.12. The number of ether oxygens (including phenoxy) is 2. The minimum absolute atomic E-state index is 0.0649. The van der Waals surface area contributed by atoms with E-state index in [-0.39, 0.29) is 18.5 Å². The van der Waals surface area contributed by atoms with Gasteiger partial charge in [0, 0.05) is 20.6 Å². The standard InChI is InChI=1S/C18H24N4O4S/c1-21(2)17-12-19-13-18(20-17)26-16-8-9-22(14-16)27(23,24)11-10-25-15-6-4-3-5-7-15/h3-7,12-13,16H,8-11,14H2,1-2H3. The van der Waals surface area contributed by atoms with Crippen LogP contribution in [-0.2, 0) is 10.0 Å². The summed E-state index contributed by atoms with van der Waals surface area (Å²) in [6, 6.07) is 9.18. The summed E-state index contributed by atoms with van der Waals surface area (Å²) in [5.74, 6) is 1.69. The van der Waals surface area contributed by atoms with Crippen molar-refractivity contribution in [3.63, 3.8) is 0 Å². The zero-order chi connectivity index (χ0) is 19.3. The second-order valence-electron chi connectivity index (χ2n) is 6.47. The minimum atomic E-state index is -3.39. The lowest BCUT2D eigenvalue weighted by atomic mass is 10.3. The molecule has 1 aliphatic rings. The molecule has 8 nitrogen and oxygen atoms in total. The van der Waals surface area contributed by atoms with E-state index in [0.717, 1.165) is 0 Å². The highest BCUT2D eigenvalue weighted by molar-refractivity contribution is 7.89. The fraction of sp³-hybridized carbons (Fsp3) is 0.444. The maximum Gasteiger partial charge on any atom is 0.234 e. The van der Waals surface area contributed by atoms with Crippen molar-refractivity contribution in [1.82, 2.24) is 14.3 Å². The molecule has 2 aromatic rings. The van der Waals surface area contributed by atoms with Gasteiger partial charge in [0.15, 0.2) is 5.82 Å². The molecule has 0 N–H and O–H groups in total. The summed E-state index contributed by atoms with van der Waals surface area (Å²) >= 11 is 0. The van der Waals surface area contributed by atoms with Crippen LogP contribution in [0.25, 0.3) is 0 Å². The molecule has 1 saturated heterocycles. The van der Waals surface area contributed by atoms with E-state index < -0.39 is 10.0 Å². The maximum atomic E-state index is 12.5. The molecule has 27 heavy (non-hydrogen) atoms. The quantitative estimate of drug-likeness (QED) is 0.671. The molecule has 1 unspecified atom stereocenters. The van der Waals surface area contributed by atoms with Crippen LogP contribution in [0.2, 0.25) is 0 Å². The minimum Gasteiger partial charge on any atom is -0.492 e. The Kier molecular flexibility index (Phi) is 6.12. The summed E-state index contributed by atoms with van der Waals surface area (Å²) in [5.41, 5.74) is 0. The van der Waals surface area contributed by atoms with Gasteiger partial charge in [-0.05, 0) is 18.6 Å². The summed E-state index contributed by atoms with van der Waals surface area (Å²) < 4.78 is 37.8. The SMILES string of the molecule is CN(C)c1cncc(OC2CCN(S(=O)(=O)CCOc3ccccc3)C2)n1. The molecule has 9 heteroatoms. The average molecular weight is 392 g/mol. The van der Waals surface area contributed by atoms with Crippen molar-refractivity contribution in [2.24, 2.45) is 0 Å². The molecule has 1 aliphatic heterocycles. The van der Waals surface area contributed by atoms with Crippen molar-refractivity contribution >= 4 is 15.8 Å². The van der Waals surface area contributed by atoms with E-state index in [1.54, 1.807) is 18.3 Å². The highest BCUT2D eigenvalue weighted by Crippen LogP contribution is 2.20. The molecule has 1 aromatic carbocycles. The summed E-state index contributed by atoms with van der Waals surface area (Å²) in [6.45, 7) is 0.853. The van der Waals surface area contributed by atoms with Crippen LogP contribution < -0.4 is 14.4 Å². The molecule has 1 aromatic heterocycles. The summed E-state index contributed by atoms with van der Waals surface area (Å²) in [4.78, 5) is 10.3. The molecule has 0 spiro atoms. The van der Waals surface area contributed by atoms with E-state index >= 15 is 0 Å². The van der Waals surface area contributed by atoms with Crippen molar-refractivity contribution in [2.75, 3.05) is 44.4 Å². The largest absolute Gasteiger partial charge is 0.492 e. The van der Waals surface area contributed by atoms with Crippen LogP contribution in [0.4, 0.5) is 5.82 Å². The highest BCUT2D eigenvalue weighted by atomic mass is 32.2. The van der Waals surface area contributed by atoms with Crippen molar-refractivity contribution < 1.29 is 17.9 Å². The van der Waals surface area contributed by atoms with Gasteiger partial charge in [-0.2, -0.15) is 9.29 Å². The van der Waals surface area contributed by atoms with Crippen LogP contribution in [-0.4, -0.2) is 68.3 Å². The Bertz CT molecular complexity index is 845. The molecule has 0 amide bonds. The number of hydrogen-bond donors (Lipinski definition) is 0. The first-order valence-electron chi connectivity index (χ1n) is 8.76. The molecule has 1 atom stereocenters. The first-order chi connectivity index (χ1) is 12.9. The monoisotopic (exact) mass is 392 g/mol. The third-order valence-corrected chi connectivity index (χ3v) is 6.00. The van der Waals surface area contributed by atoms with Gasteiger partial charge >= 0.3 is 0 Å². The lowest BCUT2D eigenvalue weighted by Crippen LogP contribution is -2.34. The van der Waals surface area contributed by atoms with Crippen LogP contribution in [0.1, 0.15) is 6.42 Å². The van der Waals surface area contributed by atoms with Gasteiger partial charge in [-0.25, -0.2) is 8.42 Å². The lowest BCUT2D eigenvalue weighted by molar-refractivity contribution is 0.206. The summed E-state index contributed by atoms with van der Waals surface area (Å²) in [6.07, 6.45) is 3.57. The predicted octanol–water partition coefficient (Wildman–Crippen LogP) is 1.40. The van der Waals surface area contributed by atoms with Crippen molar-refractivity contribution in [3.8, 4) is 11.6 Å². The van der Waals surface area contributed by atoms with Gasteiger partial charge in [-0.1, -0.05) is 18.2 Å². The van der Waals surface area contributed by atoms with E-state index in [2.05, 4.69) is 9.97 Å². The van der Waals surface area contributed by atoms with Crippen molar-refractivity contribution in [1.29, 1.82) is 0 Å². The topological polar surface area (TPSA) is 84.9 Å². The third-order valence-electron chi connectivity index (χ3n) is 4.20. The van der Waals surface area contributed by atoms with E-state index in [4.69, 9.17) is 9.47 Å². The molecule has 0 radical (unpaired) electrons. The fourth-order valence-electron chi connectivity index (χ4n) is 2.74. The van der Waals surface area contributed by atoms with Crippen LogP contribution >= 0.6 is 0 Å². The number of nitrogens with zero attached hydrogens (tertiary/aromatic N) is 4. The lowest BCUT2D eigenvalue weighted by Gasteiger charge is -2.18. The number of anilines is 1. The Labute approximate surface area is 159 Å². The van der Waals surface area contributed by atoms with E-state index in [0.29, 0.717) is 37.0 Å². The van der Waals surface area contributed by atoms with Gasteiger partial charge in [0.25, 0.3) is 0 Å². The van der Waals surface area contributed by atoms with Gasteiger partial charge < -0.3 is 14.4 Å². The number of para-hydroxylation sites is 1. The molecule has 146 valence electrons. The number of hydrogen-bond acceptors (Lipinski definition) is 7. The molecular weight excluding hydrogens is 368 g/mol. The van der Waals surface area contributed by atoms with Crippen LogP contribution in [0, 0.1) is 0 Å². The molecule has 2 heterocycles. The zero-order valence-corrected chi connectivity index (χ0v) is 16.3. The Balaban J connectivity index is 1.51. The molecule has 1 fully saturated rings. The van der Waals surface area contributed by atoms with Crippen molar-refractivity contribution in [2.45, 2.75) is 12.5 Å². The van der Waals surface area contributed by atoms with E-state index in [1.807, 2.05) is 37.2 Å². The van der Waals surface area contributed by atoms with Gasteiger partial charge in [-0.3, -0.25) is 4.98 Å². The molecule has 3 rings (SSSR count). The van der Waals surface area contributed by atoms with Gasteiger partial charge in [0.05, 0.1) is 24.7 Å². The van der Waals surface area contributed by atoms with Crippen LogP contribution in [0.3, 0.4) is 0 Å². The fourth-order valence-corrected chi connectivity index (χ4v) is 4.07. The van der Waals surface area contributed by atoms with E-state index in [9.17, 15) is 8.42 Å². The second-order valence-corrected chi connectivity index (χ2v) is 8.56.